The Kier molecular flexibility index (Phi) is 3.59. The molecule has 3 atom stereocenters. The molecule has 1 aromatic rings. The Hall–Kier alpha value is -0.580. The first kappa shape index (κ1) is 12.5. The lowest BCUT2D eigenvalue weighted by Gasteiger charge is -2.21. The molecule has 2 nitrogen and oxygen atoms in total. The number of halogens is 1. The molecule has 2 aliphatic rings. The van der Waals surface area contributed by atoms with E-state index in [0.29, 0.717) is 0 Å². The molecule has 3 heteroatoms. The summed E-state index contributed by atoms with van der Waals surface area (Å²) in [5, 5.41) is 3.10. The Bertz CT molecular complexity index is 442. The van der Waals surface area contributed by atoms with Gasteiger partial charge < -0.3 is 5.32 Å². The highest BCUT2D eigenvalue weighted by Crippen LogP contribution is 2.47. The second kappa shape index (κ2) is 5.19. The van der Waals surface area contributed by atoms with Gasteiger partial charge in [0.25, 0.3) is 5.91 Å². The van der Waals surface area contributed by atoms with Crippen molar-refractivity contribution < 1.29 is 4.79 Å². The summed E-state index contributed by atoms with van der Waals surface area (Å²) in [6.45, 7) is 0.867. The molecule has 0 spiro atoms. The normalized spacial score (nSPS) is 29.5. The molecule has 1 amide bonds. The average molecular weight is 355 g/mol. The SMILES string of the molecule is O=C(NCC1CC2CCC1C2)c1ccc(I)cc1. The minimum atomic E-state index is 0.0779. The van der Waals surface area contributed by atoms with Crippen LogP contribution in [0.4, 0.5) is 0 Å². The molecule has 18 heavy (non-hydrogen) atoms. The maximum Gasteiger partial charge on any atom is 0.251 e. The summed E-state index contributed by atoms with van der Waals surface area (Å²) in [5.41, 5.74) is 0.776. The van der Waals surface area contributed by atoms with Gasteiger partial charge in [0.15, 0.2) is 0 Å². The Morgan fingerprint density at radius 2 is 2.00 bits per heavy atom. The molecule has 2 saturated carbocycles. The number of fused-ring (bicyclic) bond motifs is 2. The number of nitrogens with one attached hydrogen (secondary N) is 1. The predicted molar refractivity (Wildman–Crippen MR) is 80.4 cm³/mol. The smallest absolute Gasteiger partial charge is 0.251 e. The molecule has 0 radical (unpaired) electrons. The van der Waals surface area contributed by atoms with Crippen LogP contribution in [0, 0.1) is 21.3 Å². The predicted octanol–water partition coefficient (Wildman–Crippen LogP) is 3.46. The number of benzene rings is 1. The van der Waals surface area contributed by atoms with Crippen molar-refractivity contribution in [2.24, 2.45) is 17.8 Å². The van der Waals surface area contributed by atoms with Gasteiger partial charge in [0.1, 0.15) is 0 Å². The molecule has 3 unspecified atom stereocenters. The number of amides is 1. The molecular formula is C15H18INO. The summed E-state index contributed by atoms with van der Waals surface area (Å²) in [6, 6.07) is 7.76. The van der Waals surface area contributed by atoms with Gasteiger partial charge in [-0.1, -0.05) is 6.42 Å². The molecule has 1 aromatic carbocycles. The highest BCUT2D eigenvalue weighted by atomic mass is 127. The van der Waals surface area contributed by atoms with Crippen LogP contribution in [0.3, 0.4) is 0 Å². The Morgan fingerprint density at radius 1 is 1.22 bits per heavy atom. The summed E-state index contributed by atoms with van der Waals surface area (Å²) < 4.78 is 1.16. The molecule has 96 valence electrons. The Balaban J connectivity index is 1.54. The van der Waals surface area contributed by atoms with E-state index < -0.39 is 0 Å². The minimum Gasteiger partial charge on any atom is -0.352 e. The van der Waals surface area contributed by atoms with Gasteiger partial charge in [-0.3, -0.25) is 4.79 Å². The third kappa shape index (κ3) is 2.56. The van der Waals surface area contributed by atoms with Crippen LogP contribution in [-0.2, 0) is 0 Å². The molecule has 0 heterocycles. The van der Waals surface area contributed by atoms with E-state index >= 15 is 0 Å². The molecule has 0 saturated heterocycles. The van der Waals surface area contributed by atoms with E-state index in [-0.39, 0.29) is 5.91 Å². The standard InChI is InChI=1S/C15H18INO/c16-14-5-3-11(4-6-14)15(18)17-9-13-8-10-1-2-12(13)7-10/h3-6,10,12-13H,1-2,7-9H2,(H,17,18). The number of hydrogen-bond donors (Lipinski definition) is 1. The summed E-state index contributed by atoms with van der Waals surface area (Å²) >= 11 is 2.25. The van der Waals surface area contributed by atoms with Crippen LogP contribution in [0.2, 0.25) is 0 Å². The number of carbonyl (C=O) groups is 1. The van der Waals surface area contributed by atoms with Crippen LogP contribution in [0.1, 0.15) is 36.0 Å². The van der Waals surface area contributed by atoms with Crippen molar-refractivity contribution in [3.8, 4) is 0 Å². The van der Waals surface area contributed by atoms with Crippen molar-refractivity contribution in [3.05, 3.63) is 33.4 Å². The van der Waals surface area contributed by atoms with Crippen LogP contribution in [-0.4, -0.2) is 12.5 Å². The molecule has 2 aliphatic carbocycles. The zero-order valence-electron chi connectivity index (χ0n) is 10.4. The third-order valence-corrected chi connectivity index (χ3v) is 5.23. The van der Waals surface area contributed by atoms with E-state index in [1.54, 1.807) is 0 Å². The van der Waals surface area contributed by atoms with Gasteiger partial charge in [0, 0.05) is 15.7 Å². The van der Waals surface area contributed by atoms with E-state index in [9.17, 15) is 4.79 Å². The lowest BCUT2D eigenvalue weighted by Crippen LogP contribution is -2.31. The lowest BCUT2D eigenvalue weighted by atomic mass is 9.89. The largest absolute Gasteiger partial charge is 0.352 e. The molecule has 0 aliphatic heterocycles. The molecule has 2 fully saturated rings. The monoisotopic (exact) mass is 355 g/mol. The minimum absolute atomic E-state index is 0.0779. The van der Waals surface area contributed by atoms with Crippen LogP contribution >= 0.6 is 22.6 Å². The highest BCUT2D eigenvalue weighted by Gasteiger charge is 2.39. The first-order valence-electron chi connectivity index (χ1n) is 6.76. The quantitative estimate of drug-likeness (QED) is 0.827. The summed E-state index contributed by atoms with van der Waals surface area (Å²) in [6.07, 6.45) is 5.54. The Labute approximate surface area is 122 Å². The van der Waals surface area contributed by atoms with Gasteiger partial charge >= 0.3 is 0 Å². The molecule has 0 aromatic heterocycles. The van der Waals surface area contributed by atoms with Crippen LogP contribution in [0.5, 0.6) is 0 Å². The zero-order chi connectivity index (χ0) is 12.5. The highest BCUT2D eigenvalue weighted by molar-refractivity contribution is 14.1. The fourth-order valence-corrected chi connectivity index (χ4v) is 3.91. The van der Waals surface area contributed by atoms with Crippen molar-refractivity contribution >= 4 is 28.5 Å². The van der Waals surface area contributed by atoms with Crippen LogP contribution < -0.4 is 5.32 Å². The van der Waals surface area contributed by atoms with E-state index in [1.807, 2.05) is 24.3 Å². The summed E-state index contributed by atoms with van der Waals surface area (Å²) in [4.78, 5) is 12.0. The van der Waals surface area contributed by atoms with E-state index in [0.717, 1.165) is 33.4 Å². The van der Waals surface area contributed by atoms with Crippen molar-refractivity contribution in [2.75, 3.05) is 6.54 Å². The second-order valence-corrected chi connectivity index (χ2v) is 6.90. The van der Waals surface area contributed by atoms with Crippen LogP contribution in [0.25, 0.3) is 0 Å². The third-order valence-electron chi connectivity index (χ3n) is 4.52. The van der Waals surface area contributed by atoms with Gasteiger partial charge in [-0.25, -0.2) is 0 Å². The number of rotatable bonds is 3. The van der Waals surface area contributed by atoms with E-state index in [4.69, 9.17) is 0 Å². The molecular weight excluding hydrogens is 337 g/mol. The van der Waals surface area contributed by atoms with Gasteiger partial charge in [-0.2, -0.15) is 0 Å². The first-order valence-corrected chi connectivity index (χ1v) is 7.84. The van der Waals surface area contributed by atoms with Crippen molar-refractivity contribution in [3.63, 3.8) is 0 Å². The maximum absolute atomic E-state index is 12.0. The maximum atomic E-state index is 12.0. The topological polar surface area (TPSA) is 29.1 Å². The lowest BCUT2D eigenvalue weighted by molar-refractivity contribution is 0.0942. The van der Waals surface area contributed by atoms with E-state index in [2.05, 4.69) is 27.9 Å². The summed E-state index contributed by atoms with van der Waals surface area (Å²) in [5.74, 6) is 2.65. The fraction of sp³-hybridized carbons (Fsp3) is 0.533. The van der Waals surface area contributed by atoms with Crippen molar-refractivity contribution in [1.82, 2.24) is 5.32 Å². The van der Waals surface area contributed by atoms with Gasteiger partial charge in [-0.05, 0) is 83.9 Å². The number of hydrogen-bond acceptors (Lipinski definition) is 1. The molecule has 3 rings (SSSR count). The van der Waals surface area contributed by atoms with Crippen molar-refractivity contribution in [1.29, 1.82) is 0 Å². The summed E-state index contributed by atoms with van der Waals surface area (Å²) in [7, 11) is 0. The molecule has 1 N–H and O–H groups in total. The first-order chi connectivity index (χ1) is 8.72. The van der Waals surface area contributed by atoms with E-state index in [1.165, 1.54) is 25.7 Å². The zero-order valence-corrected chi connectivity index (χ0v) is 12.5. The second-order valence-electron chi connectivity index (χ2n) is 5.65. The van der Waals surface area contributed by atoms with Gasteiger partial charge in [0.2, 0.25) is 0 Å². The van der Waals surface area contributed by atoms with Crippen molar-refractivity contribution in [2.45, 2.75) is 25.7 Å². The molecule has 2 bridgehead atoms. The Morgan fingerprint density at radius 3 is 2.61 bits per heavy atom. The van der Waals surface area contributed by atoms with Crippen LogP contribution in [0.15, 0.2) is 24.3 Å². The fourth-order valence-electron chi connectivity index (χ4n) is 3.55. The number of carbonyl (C=O) groups excluding carboxylic acids is 1. The average Bonchev–Trinajstić information content (AvgIpc) is 2.99. The van der Waals surface area contributed by atoms with Gasteiger partial charge in [-0.15, -0.1) is 0 Å². The van der Waals surface area contributed by atoms with Gasteiger partial charge in [0.05, 0.1) is 0 Å².